The standard InChI is InChI=1S/C31H38FN3O5S/c1-6-23(4)33-31(37)29(7-2)34(20-24-11-9-8-10-22(24)3)30(36)21-35(26-14-12-25(32)13-15-26)41(38,39)28-18-16-27(40-5)17-19-28/h8-19,23,29H,6-7,20-21H2,1-5H3,(H,33,37)/t23-,29-/m0/s1. The van der Waals surface area contributed by atoms with Crippen LogP contribution in [-0.4, -0.2) is 50.9 Å². The Balaban J connectivity index is 2.06. The van der Waals surface area contributed by atoms with Gasteiger partial charge < -0.3 is 15.0 Å². The van der Waals surface area contributed by atoms with Gasteiger partial charge in [-0.1, -0.05) is 38.1 Å². The third-order valence-electron chi connectivity index (χ3n) is 7.03. The number of ether oxygens (including phenoxy) is 1. The first-order valence-corrected chi connectivity index (χ1v) is 15.0. The fourth-order valence-corrected chi connectivity index (χ4v) is 5.76. The smallest absolute Gasteiger partial charge is 0.264 e. The van der Waals surface area contributed by atoms with E-state index in [-0.39, 0.29) is 29.1 Å². The molecule has 0 spiro atoms. The number of benzene rings is 3. The maximum absolute atomic E-state index is 14.1. The summed E-state index contributed by atoms with van der Waals surface area (Å²) >= 11 is 0. The van der Waals surface area contributed by atoms with Gasteiger partial charge in [-0.3, -0.25) is 13.9 Å². The summed E-state index contributed by atoms with van der Waals surface area (Å²) in [5.74, 6) is -0.956. The minimum Gasteiger partial charge on any atom is -0.497 e. The van der Waals surface area contributed by atoms with E-state index in [1.807, 2.05) is 52.0 Å². The molecule has 0 saturated heterocycles. The van der Waals surface area contributed by atoms with Crippen LogP contribution in [0.15, 0.2) is 77.7 Å². The van der Waals surface area contributed by atoms with E-state index >= 15 is 0 Å². The summed E-state index contributed by atoms with van der Waals surface area (Å²) in [7, 11) is -2.80. The van der Waals surface area contributed by atoms with Crippen molar-refractivity contribution in [2.24, 2.45) is 0 Å². The summed E-state index contributed by atoms with van der Waals surface area (Å²) in [6, 6.07) is 17.3. The number of carbonyl (C=O) groups is 2. The highest BCUT2D eigenvalue weighted by Crippen LogP contribution is 2.26. The third-order valence-corrected chi connectivity index (χ3v) is 8.82. The lowest BCUT2D eigenvalue weighted by molar-refractivity contribution is -0.140. The van der Waals surface area contributed by atoms with E-state index in [9.17, 15) is 22.4 Å². The maximum atomic E-state index is 14.1. The largest absolute Gasteiger partial charge is 0.497 e. The number of hydrogen-bond donors (Lipinski definition) is 1. The molecular formula is C31H38FN3O5S. The Kier molecular flexibility index (Phi) is 10.9. The lowest BCUT2D eigenvalue weighted by Crippen LogP contribution is -2.53. The van der Waals surface area contributed by atoms with Crippen molar-refractivity contribution in [2.75, 3.05) is 18.0 Å². The number of methoxy groups -OCH3 is 1. The molecule has 41 heavy (non-hydrogen) atoms. The topological polar surface area (TPSA) is 96.0 Å². The molecule has 220 valence electrons. The molecule has 0 bridgehead atoms. The van der Waals surface area contributed by atoms with Crippen molar-refractivity contribution in [1.82, 2.24) is 10.2 Å². The molecule has 0 aromatic heterocycles. The second kappa shape index (κ2) is 14.1. The van der Waals surface area contributed by atoms with Crippen molar-refractivity contribution in [3.05, 3.63) is 89.7 Å². The molecule has 3 rings (SSSR count). The minimum atomic E-state index is -4.27. The van der Waals surface area contributed by atoms with Crippen molar-refractivity contribution in [3.8, 4) is 5.75 Å². The number of carbonyl (C=O) groups excluding carboxylic acids is 2. The number of nitrogens with one attached hydrogen (secondary N) is 1. The first-order valence-electron chi connectivity index (χ1n) is 13.6. The van der Waals surface area contributed by atoms with Crippen LogP contribution in [0.2, 0.25) is 0 Å². The van der Waals surface area contributed by atoms with Crippen molar-refractivity contribution < 1.29 is 27.1 Å². The Morgan fingerprint density at radius 2 is 1.59 bits per heavy atom. The number of hydrogen-bond acceptors (Lipinski definition) is 5. The van der Waals surface area contributed by atoms with Crippen molar-refractivity contribution in [2.45, 2.75) is 64.1 Å². The minimum absolute atomic E-state index is 0.0672. The summed E-state index contributed by atoms with van der Waals surface area (Å²) in [6.45, 7) is 7.07. The maximum Gasteiger partial charge on any atom is 0.264 e. The highest BCUT2D eigenvalue weighted by molar-refractivity contribution is 7.92. The van der Waals surface area contributed by atoms with E-state index in [0.29, 0.717) is 18.6 Å². The molecule has 0 aliphatic rings. The van der Waals surface area contributed by atoms with Gasteiger partial charge >= 0.3 is 0 Å². The number of nitrogens with zero attached hydrogens (tertiary/aromatic N) is 2. The quantitative estimate of drug-likeness (QED) is 0.304. The molecule has 0 unspecified atom stereocenters. The normalized spacial score (nSPS) is 12.7. The number of amides is 2. The average Bonchev–Trinajstić information content (AvgIpc) is 2.97. The zero-order valence-electron chi connectivity index (χ0n) is 24.1. The fraction of sp³-hybridized carbons (Fsp3) is 0.355. The monoisotopic (exact) mass is 583 g/mol. The molecule has 0 radical (unpaired) electrons. The molecule has 1 N–H and O–H groups in total. The molecule has 3 aromatic carbocycles. The molecule has 0 heterocycles. The van der Waals surface area contributed by atoms with E-state index in [0.717, 1.165) is 27.6 Å². The molecule has 3 aromatic rings. The zero-order valence-corrected chi connectivity index (χ0v) is 24.9. The van der Waals surface area contributed by atoms with Gasteiger partial charge in [0.05, 0.1) is 17.7 Å². The number of rotatable bonds is 13. The van der Waals surface area contributed by atoms with Crippen molar-refractivity contribution in [1.29, 1.82) is 0 Å². The summed E-state index contributed by atoms with van der Waals surface area (Å²) in [5, 5.41) is 2.96. The molecule has 2 atom stereocenters. The van der Waals surface area contributed by atoms with E-state index in [4.69, 9.17) is 4.74 Å². The van der Waals surface area contributed by atoms with E-state index in [2.05, 4.69) is 5.32 Å². The Hall–Kier alpha value is -3.92. The Morgan fingerprint density at radius 3 is 2.15 bits per heavy atom. The van der Waals surface area contributed by atoms with Crippen LogP contribution >= 0.6 is 0 Å². The highest BCUT2D eigenvalue weighted by atomic mass is 32.2. The Labute approximate surface area is 242 Å². The third kappa shape index (κ3) is 7.85. The number of anilines is 1. The van der Waals surface area contributed by atoms with Crippen LogP contribution in [0.5, 0.6) is 5.75 Å². The van der Waals surface area contributed by atoms with Gasteiger partial charge in [-0.15, -0.1) is 0 Å². The average molecular weight is 584 g/mol. The van der Waals surface area contributed by atoms with Gasteiger partial charge in [0.25, 0.3) is 10.0 Å². The van der Waals surface area contributed by atoms with Gasteiger partial charge in [0, 0.05) is 12.6 Å². The van der Waals surface area contributed by atoms with Gasteiger partial charge in [-0.2, -0.15) is 0 Å². The molecular weight excluding hydrogens is 545 g/mol. The van der Waals surface area contributed by atoms with E-state index in [1.54, 1.807) is 0 Å². The SMILES string of the molecule is CC[C@H](C)NC(=O)[C@H](CC)N(Cc1ccccc1C)C(=O)CN(c1ccc(F)cc1)S(=O)(=O)c1ccc(OC)cc1. The van der Waals surface area contributed by atoms with Crippen LogP contribution in [0.25, 0.3) is 0 Å². The van der Waals surface area contributed by atoms with E-state index in [1.165, 1.54) is 48.4 Å². The predicted octanol–water partition coefficient (Wildman–Crippen LogP) is 5.06. The second-order valence-corrected chi connectivity index (χ2v) is 11.7. The Morgan fingerprint density at radius 1 is 0.951 bits per heavy atom. The van der Waals surface area contributed by atoms with Crippen LogP contribution in [0.1, 0.15) is 44.7 Å². The highest BCUT2D eigenvalue weighted by Gasteiger charge is 2.34. The van der Waals surface area contributed by atoms with Crippen LogP contribution in [0.3, 0.4) is 0 Å². The molecule has 0 aliphatic heterocycles. The lowest BCUT2D eigenvalue weighted by atomic mass is 10.1. The van der Waals surface area contributed by atoms with Gasteiger partial charge in [0.2, 0.25) is 11.8 Å². The molecule has 2 amide bonds. The molecule has 0 saturated carbocycles. The summed E-state index contributed by atoms with van der Waals surface area (Å²) in [5.41, 5.74) is 1.88. The van der Waals surface area contributed by atoms with Crippen LogP contribution < -0.4 is 14.4 Å². The second-order valence-electron chi connectivity index (χ2n) is 9.85. The summed E-state index contributed by atoms with van der Waals surface area (Å²) < 4.78 is 47.7. The van der Waals surface area contributed by atoms with E-state index < -0.39 is 34.3 Å². The number of halogens is 1. The number of sulfonamides is 1. The molecule has 0 fully saturated rings. The van der Waals surface area contributed by atoms with Crippen LogP contribution in [-0.2, 0) is 26.2 Å². The first kappa shape index (κ1) is 31.6. The molecule has 10 heteroatoms. The van der Waals surface area contributed by atoms with Gasteiger partial charge in [-0.25, -0.2) is 12.8 Å². The Bertz CT molecular complexity index is 1430. The van der Waals surface area contributed by atoms with Gasteiger partial charge in [0.1, 0.15) is 24.2 Å². The predicted molar refractivity (Wildman–Crippen MR) is 158 cm³/mol. The number of aryl methyl sites for hydroxylation is 1. The van der Waals surface area contributed by atoms with Crippen LogP contribution in [0.4, 0.5) is 10.1 Å². The van der Waals surface area contributed by atoms with Crippen LogP contribution in [0, 0.1) is 12.7 Å². The molecule has 8 nitrogen and oxygen atoms in total. The fourth-order valence-electron chi connectivity index (χ4n) is 4.34. The first-order chi connectivity index (χ1) is 19.5. The zero-order chi connectivity index (χ0) is 30.2. The van der Waals surface area contributed by atoms with Gasteiger partial charge in [0.15, 0.2) is 0 Å². The van der Waals surface area contributed by atoms with Gasteiger partial charge in [-0.05, 0) is 86.3 Å². The summed E-state index contributed by atoms with van der Waals surface area (Å²) in [4.78, 5) is 28.8. The lowest BCUT2D eigenvalue weighted by Gasteiger charge is -2.34. The summed E-state index contributed by atoms with van der Waals surface area (Å²) in [6.07, 6.45) is 1.04. The van der Waals surface area contributed by atoms with Crippen molar-refractivity contribution in [3.63, 3.8) is 0 Å². The van der Waals surface area contributed by atoms with Crippen molar-refractivity contribution >= 4 is 27.5 Å². The molecule has 0 aliphatic carbocycles.